The Labute approximate surface area is 101 Å². The van der Waals surface area contributed by atoms with Crippen molar-refractivity contribution in [1.29, 1.82) is 0 Å². The highest BCUT2D eigenvalue weighted by molar-refractivity contribution is 5.95. The molecule has 3 nitrogen and oxygen atoms in total. The summed E-state index contributed by atoms with van der Waals surface area (Å²) in [6, 6.07) is 5.74. The first-order chi connectivity index (χ1) is 7.99. The van der Waals surface area contributed by atoms with Crippen molar-refractivity contribution in [2.24, 2.45) is 0 Å². The fourth-order valence-electron chi connectivity index (χ4n) is 1.97. The number of benzene rings is 1. The number of Topliss-reactive ketones (excluding diaryl/α,β-unsaturated/α-hetero) is 1. The van der Waals surface area contributed by atoms with Crippen LogP contribution in [0.1, 0.15) is 34.4 Å². The molecule has 17 heavy (non-hydrogen) atoms. The molecular weight excluding hydrogens is 212 g/mol. The van der Waals surface area contributed by atoms with Crippen molar-refractivity contribution in [1.82, 2.24) is 9.97 Å². The zero-order valence-electron chi connectivity index (χ0n) is 10.6. The summed E-state index contributed by atoms with van der Waals surface area (Å²) in [5, 5.41) is 0. The van der Waals surface area contributed by atoms with Crippen LogP contribution in [0.4, 0.5) is 0 Å². The van der Waals surface area contributed by atoms with E-state index in [1.165, 1.54) is 0 Å². The monoisotopic (exact) mass is 228 g/mol. The van der Waals surface area contributed by atoms with E-state index in [1.807, 2.05) is 39.0 Å². The largest absolute Gasteiger partial charge is 0.346 e. The number of ketones is 1. The number of imidazole rings is 1. The zero-order valence-corrected chi connectivity index (χ0v) is 10.6. The van der Waals surface area contributed by atoms with Crippen molar-refractivity contribution in [2.45, 2.75) is 27.7 Å². The highest BCUT2D eigenvalue weighted by Gasteiger charge is 2.11. The fourth-order valence-corrected chi connectivity index (χ4v) is 1.97. The number of hydrogen-bond acceptors (Lipinski definition) is 2. The summed E-state index contributed by atoms with van der Waals surface area (Å²) in [5.74, 6) is 0.973. The Balaban J connectivity index is 2.62. The molecule has 1 heterocycles. The lowest BCUT2D eigenvalue weighted by molar-refractivity contribution is 0.101. The van der Waals surface area contributed by atoms with Crippen LogP contribution in [0, 0.1) is 20.8 Å². The predicted octanol–water partition coefficient (Wildman–Crippen LogP) is 3.20. The van der Waals surface area contributed by atoms with Gasteiger partial charge in [-0.15, -0.1) is 0 Å². The van der Waals surface area contributed by atoms with Crippen molar-refractivity contribution in [3.63, 3.8) is 0 Å². The molecule has 3 heteroatoms. The molecule has 0 aliphatic carbocycles. The first-order valence-electron chi connectivity index (χ1n) is 5.64. The average Bonchev–Trinajstić information content (AvgIpc) is 2.58. The van der Waals surface area contributed by atoms with Gasteiger partial charge in [0.05, 0.1) is 5.69 Å². The molecule has 1 aromatic carbocycles. The molecule has 0 spiro atoms. The Bertz CT molecular complexity index is 582. The van der Waals surface area contributed by atoms with Gasteiger partial charge in [-0.25, -0.2) is 4.98 Å². The van der Waals surface area contributed by atoms with Gasteiger partial charge in [-0.3, -0.25) is 4.79 Å². The third-order valence-electron chi connectivity index (χ3n) is 2.90. The summed E-state index contributed by atoms with van der Waals surface area (Å²) in [7, 11) is 0. The molecule has 88 valence electrons. The van der Waals surface area contributed by atoms with E-state index in [4.69, 9.17) is 0 Å². The van der Waals surface area contributed by atoms with E-state index in [1.54, 1.807) is 6.92 Å². The van der Waals surface area contributed by atoms with Crippen LogP contribution < -0.4 is 0 Å². The number of hydrogen-bond donors (Lipinski definition) is 1. The number of nitrogens with zero attached hydrogens (tertiary/aromatic N) is 1. The Morgan fingerprint density at radius 2 is 1.94 bits per heavy atom. The predicted molar refractivity (Wildman–Crippen MR) is 68.2 cm³/mol. The SMILES string of the molecule is CC(=O)c1ccc(C)c(-c2nc(C)[nH]c2C)c1. The number of carbonyl (C=O) groups excluding carboxylic acids is 1. The van der Waals surface area contributed by atoms with Crippen LogP contribution in [-0.4, -0.2) is 15.8 Å². The van der Waals surface area contributed by atoms with Crippen molar-refractivity contribution in [2.75, 3.05) is 0 Å². The van der Waals surface area contributed by atoms with E-state index in [0.29, 0.717) is 0 Å². The molecule has 2 aromatic rings. The van der Waals surface area contributed by atoms with E-state index < -0.39 is 0 Å². The van der Waals surface area contributed by atoms with Crippen LogP contribution in [0.25, 0.3) is 11.3 Å². The Morgan fingerprint density at radius 3 is 2.47 bits per heavy atom. The van der Waals surface area contributed by atoms with Gasteiger partial charge in [0.1, 0.15) is 5.82 Å². The molecule has 1 N–H and O–H groups in total. The Hall–Kier alpha value is -1.90. The van der Waals surface area contributed by atoms with Gasteiger partial charge in [0.2, 0.25) is 0 Å². The highest BCUT2D eigenvalue weighted by Crippen LogP contribution is 2.26. The third kappa shape index (κ3) is 2.13. The second-order valence-corrected chi connectivity index (χ2v) is 4.38. The molecule has 0 saturated heterocycles. The molecule has 0 saturated carbocycles. The maximum atomic E-state index is 11.4. The Morgan fingerprint density at radius 1 is 1.24 bits per heavy atom. The first-order valence-corrected chi connectivity index (χ1v) is 5.64. The summed E-state index contributed by atoms with van der Waals surface area (Å²) in [4.78, 5) is 19.1. The third-order valence-corrected chi connectivity index (χ3v) is 2.90. The molecule has 0 aliphatic heterocycles. The van der Waals surface area contributed by atoms with Crippen LogP contribution in [0.15, 0.2) is 18.2 Å². The van der Waals surface area contributed by atoms with Gasteiger partial charge >= 0.3 is 0 Å². The van der Waals surface area contributed by atoms with Gasteiger partial charge < -0.3 is 4.98 Å². The standard InChI is InChI=1S/C14H16N2O/c1-8-5-6-12(10(3)17)7-13(8)14-9(2)15-11(4)16-14/h5-7H,1-4H3,(H,15,16). The Kier molecular flexibility index (Phi) is 2.84. The van der Waals surface area contributed by atoms with E-state index in [-0.39, 0.29) is 5.78 Å². The molecule has 1 aromatic heterocycles. The topological polar surface area (TPSA) is 45.8 Å². The molecule has 0 bridgehead atoms. The second-order valence-electron chi connectivity index (χ2n) is 4.38. The highest BCUT2D eigenvalue weighted by atomic mass is 16.1. The zero-order chi connectivity index (χ0) is 12.6. The average molecular weight is 228 g/mol. The fraction of sp³-hybridized carbons (Fsp3) is 0.286. The number of aryl methyl sites for hydroxylation is 3. The van der Waals surface area contributed by atoms with Crippen LogP contribution in [-0.2, 0) is 0 Å². The lowest BCUT2D eigenvalue weighted by atomic mass is 10.00. The van der Waals surface area contributed by atoms with E-state index in [0.717, 1.165) is 33.9 Å². The summed E-state index contributed by atoms with van der Waals surface area (Å²) < 4.78 is 0. The minimum absolute atomic E-state index is 0.0798. The molecule has 0 radical (unpaired) electrons. The lowest BCUT2D eigenvalue weighted by Crippen LogP contribution is -1.95. The number of aromatic amines is 1. The molecule has 0 amide bonds. The van der Waals surface area contributed by atoms with Gasteiger partial charge in [0.25, 0.3) is 0 Å². The minimum Gasteiger partial charge on any atom is -0.346 e. The van der Waals surface area contributed by atoms with Crippen LogP contribution in [0.3, 0.4) is 0 Å². The van der Waals surface area contributed by atoms with Gasteiger partial charge in [0.15, 0.2) is 5.78 Å². The molecule has 0 aliphatic rings. The van der Waals surface area contributed by atoms with Gasteiger partial charge in [-0.2, -0.15) is 0 Å². The molecule has 0 atom stereocenters. The molecular formula is C14H16N2O. The van der Waals surface area contributed by atoms with Crippen LogP contribution in [0.2, 0.25) is 0 Å². The van der Waals surface area contributed by atoms with Gasteiger partial charge in [-0.1, -0.05) is 12.1 Å². The molecule has 0 unspecified atom stereocenters. The van der Waals surface area contributed by atoms with Crippen molar-refractivity contribution < 1.29 is 4.79 Å². The number of rotatable bonds is 2. The van der Waals surface area contributed by atoms with Gasteiger partial charge in [-0.05, 0) is 39.3 Å². The molecule has 2 rings (SSSR count). The summed E-state index contributed by atoms with van der Waals surface area (Å²) in [6.07, 6.45) is 0. The van der Waals surface area contributed by atoms with Crippen LogP contribution >= 0.6 is 0 Å². The normalized spacial score (nSPS) is 10.6. The van der Waals surface area contributed by atoms with E-state index in [2.05, 4.69) is 9.97 Å². The minimum atomic E-state index is 0.0798. The number of H-pyrrole nitrogens is 1. The lowest BCUT2D eigenvalue weighted by Gasteiger charge is -2.06. The second kappa shape index (κ2) is 4.17. The van der Waals surface area contributed by atoms with E-state index in [9.17, 15) is 4.79 Å². The van der Waals surface area contributed by atoms with Crippen LogP contribution in [0.5, 0.6) is 0 Å². The van der Waals surface area contributed by atoms with Crippen molar-refractivity contribution in [3.8, 4) is 11.3 Å². The van der Waals surface area contributed by atoms with Crippen molar-refractivity contribution in [3.05, 3.63) is 40.8 Å². The van der Waals surface area contributed by atoms with E-state index >= 15 is 0 Å². The summed E-state index contributed by atoms with van der Waals surface area (Å²) >= 11 is 0. The number of carbonyl (C=O) groups is 1. The number of nitrogens with one attached hydrogen (secondary N) is 1. The van der Waals surface area contributed by atoms with Crippen molar-refractivity contribution >= 4 is 5.78 Å². The summed E-state index contributed by atoms with van der Waals surface area (Å²) in [6.45, 7) is 7.54. The maximum Gasteiger partial charge on any atom is 0.159 e. The number of aromatic nitrogens is 2. The first kappa shape index (κ1) is 11.6. The quantitative estimate of drug-likeness (QED) is 0.802. The van der Waals surface area contributed by atoms with Gasteiger partial charge in [0, 0.05) is 16.8 Å². The maximum absolute atomic E-state index is 11.4. The summed E-state index contributed by atoms with van der Waals surface area (Å²) in [5.41, 5.74) is 4.85. The smallest absolute Gasteiger partial charge is 0.159 e. The molecule has 0 fully saturated rings.